The molecular formula is C7H14BN. The molecule has 0 saturated carbocycles. The summed E-state index contributed by atoms with van der Waals surface area (Å²) in [5, 5.41) is 0. The van der Waals surface area contributed by atoms with Crippen LogP contribution in [0, 0.1) is 5.41 Å². The fourth-order valence-corrected chi connectivity index (χ4v) is 1.46. The average Bonchev–Trinajstić information content (AvgIpc) is 1.79. The van der Waals surface area contributed by atoms with Crippen LogP contribution >= 0.6 is 0 Å². The molecular weight excluding hydrogens is 109 g/mol. The van der Waals surface area contributed by atoms with Crippen LogP contribution in [0.5, 0.6) is 0 Å². The van der Waals surface area contributed by atoms with Crippen molar-refractivity contribution in [2.24, 2.45) is 5.41 Å². The quantitative estimate of drug-likeness (QED) is 0.433. The van der Waals surface area contributed by atoms with Crippen molar-refractivity contribution in [1.82, 2.24) is 4.90 Å². The van der Waals surface area contributed by atoms with Crippen molar-refractivity contribution in [2.75, 3.05) is 20.1 Å². The molecule has 0 bridgehead atoms. The van der Waals surface area contributed by atoms with Gasteiger partial charge in [-0.05, 0) is 19.0 Å². The van der Waals surface area contributed by atoms with E-state index in [1.165, 1.54) is 0 Å². The van der Waals surface area contributed by atoms with Gasteiger partial charge in [0, 0.05) is 6.54 Å². The summed E-state index contributed by atoms with van der Waals surface area (Å²) in [7, 11) is 7.98. The number of rotatable bonds is 0. The van der Waals surface area contributed by atoms with Crippen molar-refractivity contribution < 1.29 is 0 Å². The highest BCUT2D eigenvalue weighted by Crippen LogP contribution is 2.36. The highest BCUT2D eigenvalue weighted by molar-refractivity contribution is 6.12. The molecule has 2 radical (unpaired) electrons. The topological polar surface area (TPSA) is 3.24 Å². The van der Waals surface area contributed by atoms with Gasteiger partial charge in [0.1, 0.15) is 0 Å². The summed E-state index contributed by atoms with van der Waals surface area (Å²) in [4.78, 5) is 2.28. The average molecular weight is 123 g/mol. The summed E-state index contributed by atoms with van der Waals surface area (Å²) < 4.78 is 0. The van der Waals surface area contributed by atoms with E-state index in [0.717, 1.165) is 13.1 Å². The van der Waals surface area contributed by atoms with Crippen LogP contribution in [-0.4, -0.2) is 32.9 Å². The van der Waals surface area contributed by atoms with Gasteiger partial charge in [0.25, 0.3) is 0 Å². The highest BCUT2D eigenvalue weighted by atomic mass is 15.1. The SMILES string of the molecule is [B]C1CN(C)CC1(C)C. The number of hydrogen-bond acceptors (Lipinski definition) is 1. The van der Waals surface area contributed by atoms with Crippen LogP contribution < -0.4 is 0 Å². The summed E-state index contributed by atoms with van der Waals surface area (Å²) in [5.74, 6) is 0.363. The van der Waals surface area contributed by atoms with Gasteiger partial charge < -0.3 is 4.90 Å². The van der Waals surface area contributed by atoms with Crippen molar-refractivity contribution in [3.8, 4) is 0 Å². The molecule has 1 nitrogen and oxygen atoms in total. The number of nitrogens with zero attached hydrogens (tertiary/aromatic N) is 1. The summed E-state index contributed by atoms with van der Waals surface area (Å²) in [6.07, 6.45) is 0. The molecule has 1 unspecified atom stereocenters. The second-order valence-electron chi connectivity index (χ2n) is 3.79. The fourth-order valence-electron chi connectivity index (χ4n) is 1.46. The van der Waals surface area contributed by atoms with Crippen molar-refractivity contribution >= 4 is 7.85 Å². The summed E-state index contributed by atoms with van der Waals surface area (Å²) >= 11 is 0. The summed E-state index contributed by atoms with van der Waals surface area (Å²) in [6, 6.07) is 0. The molecule has 2 heteroatoms. The fraction of sp³-hybridized carbons (Fsp3) is 1.00. The third-order valence-electron chi connectivity index (χ3n) is 2.19. The first-order valence-electron chi connectivity index (χ1n) is 3.46. The molecule has 1 saturated heterocycles. The van der Waals surface area contributed by atoms with Crippen LogP contribution in [0.2, 0.25) is 5.82 Å². The Morgan fingerprint density at radius 1 is 1.56 bits per heavy atom. The molecule has 1 aliphatic rings. The molecule has 9 heavy (non-hydrogen) atoms. The molecule has 0 aromatic heterocycles. The third kappa shape index (κ3) is 1.29. The lowest BCUT2D eigenvalue weighted by atomic mass is 9.70. The van der Waals surface area contributed by atoms with Crippen molar-refractivity contribution in [3.63, 3.8) is 0 Å². The van der Waals surface area contributed by atoms with Crippen LogP contribution in [0.3, 0.4) is 0 Å². The van der Waals surface area contributed by atoms with Crippen LogP contribution in [0.4, 0.5) is 0 Å². The lowest BCUT2D eigenvalue weighted by molar-refractivity contribution is 0.337. The van der Waals surface area contributed by atoms with Crippen LogP contribution in [-0.2, 0) is 0 Å². The first-order chi connectivity index (χ1) is 4.02. The van der Waals surface area contributed by atoms with Gasteiger partial charge in [-0.1, -0.05) is 19.7 Å². The Morgan fingerprint density at radius 3 is 2.22 bits per heavy atom. The Bertz CT molecular complexity index is 111. The first-order valence-corrected chi connectivity index (χ1v) is 3.46. The van der Waals surface area contributed by atoms with E-state index in [4.69, 9.17) is 7.85 Å². The van der Waals surface area contributed by atoms with E-state index in [1.807, 2.05) is 0 Å². The predicted molar refractivity (Wildman–Crippen MR) is 40.8 cm³/mol. The maximum atomic E-state index is 5.86. The van der Waals surface area contributed by atoms with E-state index in [2.05, 4.69) is 25.8 Å². The predicted octanol–water partition coefficient (Wildman–Crippen LogP) is 0.915. The minimum absolute atomic E-state index is 0.328. The normalized spacial score (nSPS) is 35.2. The van der Waals surface area contributed by atoms with Gasteiger partial charge in [0.2, 0.25) is 0 Å². The Morgan fingerprint density at radius 2 is 2.11 bits per heavy atom. The highest BCUT2D eigenvalue weighted by Gasteiger charge is 2.33. The van der Waals surface area contributed by atoms with Gasteiger partial charge in [-0.15, -0.1) is 0 Å². The molecule has 0 spiro atoms. The second kappa shape index (κ2) is 2.01. The van der Waals surface area contributed by atoms with Crippen LogP contribution in [0.15, 0.2) is 0 Å². The van der Waals surface area contributed by atoms with Gasteiger partial charge in [0.15, 0.2) is 0 Å². The van der Waals surface area contributed by atoms with Gasteiger partial charge >= 0.3 is 0 Å². The molecule has 50 valence electrons. The van der Waals surface area contributed by atoms with Crippen molar-refractivity contribution in [1.29, 1.82) is 0 Å². The maximum absolute atomic E-state index is 5.86. The smallest absolute Gasteiger partial charge is 0.0724 e. The molecule has 1 fully saturated rings. The zero-order valence-electron chi connectivity index (χ0n) is 6.52. The standard InChI is InChI=1S/C7H14BN/c1-7(2)5-9(3)4-6(7)8/h6H,4-5H2,1-3H3. The van der Waals surface area contributed by atoms with E-state index in [9.17, 15) is 0 Å². The van der Waals surface area contributed by atoms with E-state index in [-0.39, 0.29) is 0 Å². The Kier molecular flexibility index (Phi) is 1.60. The van der Waals surface area contributed by atoms with Gasteiger partial charge in [-0.2, -0.15) is 0 Å². The Labute approximate surface area is 58.8 Å². The van der Waals surface area contributed by atoms with Gasteiger partial charge in [0.05, 0.1) is 7.85 Å². The molecule has 1 aliphatic heterocycles. The summed E-state index contributed by atoms with van der Waals surface area (Å²) in [5.41, 5.74) is 0.328. The van der Waals surface area contributed by atoms with Gasteiger partial charge in [-0.25, -0.2) is 0 Å². The van der Waals surface area contributed by atoms with Crippen molar-refractivity contribution in [2.45, 2.75) is 19.7 Å². The van der Waals surface area contributed by atoms with E-state index in [1.54, 1.807) is 0 Å². The number of hydrogen-bond donors (Lipinski definition) is 0. The summed E-state index contributed by atoms with van der Waals surface area (Å²) in [6.45, 7) is 6.63. The zero-order chi connectivity index (χ0) is 7.07. The Hall–Kier alpha value is 0.0249. The molecule has 0 amide bonds. The number of likely N-dealkylation sites (tertiary alicyclic amines) is 1. The zero-order valence-corrected chi connectivity index (χ0v) is 6.52. The molecule has 0 N–H and O–H groups in total. The van der Waals surface area contributed by atoms with Crippen LogP contribution in [0.1, 0.15) is 13.8 Å². The lowest BCUT2D eigenvalue weighted by Gasteiger charge is -2.21. The first kappa shape index (κ1) is 7.14. The van der Waals surface area contributed by atoms with Gasteiger partial charge in [-0.3, -0.25) is 0 Å². The molecule has 0 aromatic carbocycles. The van der Waals surface area contributed by atoms with Crippen LogP contribution in [0.25, 0.3) is 0 Å². The molecule has 0 aromatic rings. The Balaban J connectivity index is 2.58. The molecule has 1 rings (SSSR count). The monoisotopic (exact) mass is 123 g/mol. The molecule has 0 aliphatic carbocycles. The van der Waals surface area contributed by atoms with E-state index in [0.29, 0.717) is 11.2 Å². The van der Waals surface area contributed by atoms with E-state index < -0.39 is 0 Å². The van der Waals surface area contributed by atoms with E-state index >= 15 is 0 Å². The van der Waals surface area contributed by atoms with Crippen molar-refractivity contribution in [3.05, 3.63) is 0 Å². The molecule has 1 atom stereocenters. The lowest BCUT2D eigenvalue weighted by Crippen LogP contribution is -2.19. The second-order valence-corrected chi connectivity index (χ2v) is 3.79. The minimum atomic E-state index is 0.328. The minimum Gasteiger partial charge on any atom is -0.306 e. The third-order valence-corrected chi connectivity index (χ3v) is 2.19. The maximum Gasteiger partial charge on any atom is 0.0724 e. The molecule has 1 heterocycles. The largest absolute Gasteiger partial charge is 0.306 e.